The van der Waals surface area contributed by atoms with Crippen molar-refractivity contribution in [3.05, 3.63) is 30.1 Å². The van der Waals surface area contributed by atoms with Crippen LogP contribution < -0.4 is 5.32 Å². The lowest BCUT2D eigenvalue weighted by Gasteiger charge is -2.20. The van der Waals surface area contributed by atoms with E-state index in [0.29, 0.717) is 11.5 Å². The average molecular weight is 206 g/mol. The molecule has 0 unspecified atom stereocenters. The predicted octanol–water partition coefficient (Wildman–Crippen LogP) is 3.17. The van der Waals surface area contributed by atoms with Gasteiger partial charge in [-0.25, -0.2) is 0 Å². The van der Waals surface area contributed by atoms with Crippen LogP contribution in [0, 0.1) is 5.41 Å². The first-order valence-electron chi connectivity index (χ1n) is 5.63. The number of hydrogen-bond donors (Lipinski definition) is 1. The van der Waals surface area contributed by atoms with Gasteiger partial charge in [0.2, 0.25) is 0 Å². The fourth-order valence-corrected chi connectivity index (χ4v) is 1.40. The quantitative estimate of drug-likeness (QED) is 0.818. The van der Waals surface area contributed by atoms with Crippen LogP contribution in [0.2, 0.25) is 0 Å². The highest BCUT2D eigenvalue weighted by molar-refractivity contribution is 5.07. The summed E-state index contributed by atoms with van der Waals surface area (Å²) in [4.78, 5) is 4.33. The number of hydrogen-bond acceptors (Lipinski definition) is 2. The largest absolute Gasteiger partial charge is 0.309 e. The lowest BCUT2D eigenvalue weighted by molar-refractivity contribution is 0.357. The van der Waals surface area contributed by atoms with Gasteiger partial charge in [-0.3, -0.25) is 4.98 Å². The van der Waals surface area contributed by atoms with Crippen molar-refractivity contribution in [1.82, 2.24) is 10.3 Å². The fourth-order valence-electron chi connectivity index (χ4n) is 1.40. The lowest BCUT2D eigenvalue weighted by atomic mass is 9.92. The Balaban J connectivity index is 2.34. The summed E-state index contributed by atoms with van der Waals surface area (Å²) < 4.78 is 0. The van der Waals surface area contributed by atoms with Gasteiger partial charge in [0.1, 0.15) is 0 Å². The van der Waals surface area contributed by atoms with Crippen LogP contribution in [-0.2, 0) is 0 Å². The standard InChI is InChI=1S/C13H22N2/c1-11(12-7-5-6-9-15-12)14-10-8-13(2,3)4/h5-7,9,11,14H,8,10H2,1-4H3/t11-/m0/s1. The molecule has 0 spiro atoms. The van der Waals surface area contributed by atoms with Crippen LogP contribution in [-0.4, -0.2) is 11.5 Å². The second-order valence-electron chi connectivity index (χ2n) is 5.24. The van der Waals surface area contributed by atoms with E-state index in [1.165, 1.54) is 6.42 Å². The maximum absolute atomic E-state index is 4.33. The zero-order valence-corrected chi connectivity index (χ0v) is 10.2. The summed E-state index contributed by atoms with van der Waals surface area (Å²) in [5.41, 5.74) is 1.52. The molecule has 1 heterocycles. The maximum Gasteiger partial charge on any atom is 0.0570 e. The summed E-state index contributed by atoms with van der Waals surface area (Å²) in [5.74, 6) is 0. The number of aromatic nitrogens is 1. The minimum absolute atomic E-state index is 0.341. The SMILES string of the molecule is C[C@H](NCCC(C)(C)C)c1ccccn1. The van der Waals surface area contributed by atoms with Gasteiger partial charge in [-0.1, -0.05) is 26.8 Å². The van der Waals surface area contributed by atoms with E-state index in [-0.39, 0.29) is 0 Å². The summed E-state index contributed by atoms with van der Waals surface area (Å²) in [5, 5.41) is 3.49. The number of rotatable bonds is 4. The smallest absolute Gasteiger partial charge is 0.0570 e. The van der Waals surface area contributed by atoms with Crippen LogP contribution in [0.3, 0.4) is 0 Å². The molecule has 1 N–H and O–H groups in total. The Morgan fingerprint density at radius 2 is 2.07 bits per heavy atom. The molecule has 2 nitrogen and oxygen atoms in total. The molecule has 0 saturated carbocycles. The van der Waals surface area contributed by atoms with Crippen LogP contribution in [0.5, 0.6) is 0 Å². The first kappa shape index (κ1) is 12.2. The normalized spacial score (nSPS) is 13.9. The molecule has 0 amide bonds. The molecular weight excluding hydrogens is 184 g/mol. The molecule has 0 radical (unpaired) electrons. The predicted molar refractivity (Wildman–Crippen MR) is 64.7 cm³/mol. The van der Waals surface area contributed by atoms with E-state index in [0.717, 1.165) is 12.2 Å². The Morgan fingerprint density at radius 1 is 1.33 bits per heavy atom. The van der Waals surface area contributed by atoms with Gasteiger partial charge in [-0.05, 0) is 37.4 Å². The van der Waals surface area contributed by atoms with Gasteiger partial charge >= 0.3 is 0 Å². The van der Waals surface area contributed by atoms with Gasteiger partial charge in [0.15, 0.2) is 0 Å². The molecule has 2 heteroatoms. The van der Waals surface area contributed by atoms with Crippen molar-refractivity contribution in [2.45, 2.75) is 40.2 Å². The maximum atomic E-state index is 4.33. The van der Waals surface area contributed by atoms with Crippen LogP contribution in [0.25, 0.3) is 0 Å². The molecule has 0 aliphatic rings. The molecule has 0 aliphatic heterocycles. The first-order chi connectivity index (χ1) is 6.99. The first-order valence-corrected chi connectivity index (χ1v) is 5.63. The zero-order chi connectivity index (χ0) is 11.3. The van der Waals surface area contributed by atoms with E-state index in [1.807, 2.05) is 18.3 Å². The van der Waals surface area contributed by atoms with Crippen molar-refractivity contribution in [2.75, 3.05) is 6.54 Å². The summed E-state index contributed by atoms with van der Waals surface area (Å²) in [6.45, 7) is 9.99. The highest BCUT2D eigenvalue weighted by Crippen LogP contribution is 2.18. The van der Waals surface area contributed by atoms with Gasteiger partial charge in [0, 0.05) is 12.2 Å². The molecule has 0 aliphatic carbocycles. The van der Waals surface area contributed by atoms with Crippen molar-refractivity contribution in [3.63, 3.8) is 0 Å². The Bertz CT molecular complexity index is 274. The van der Waals surface area contributed by atoms with Gasteiger partial charge in [0.05, 0.1) is 5.69 Å². The molecule has 0 fully saturated rings. The molecule has 0 bridgehead atoms. The van der Waals surface area contributed by atoms with E-state index in [9.17, 15) is 0 Å². The Labute approximate surface area is 93.1 Å². The highest BCUT2D eigenvalue weighted by Gasteiger charge is 2.11. The Kier molecular flexibility index (Phi) is 4.28. The van der Waals surface area contributed by atoms with Crippen molar-refractivity contribution in [2.24, 2.45) is 5.41 Å². The number of nitrogens with zero attached hydrogens (tertiary/aromatic N) is 1. The third-order valence-corrected chi connectivity index (χ3v) is 2.46. The topological polar surface area (TPSA) is 24.9 Å². The van der Waals surface area contributed by atoms with Gasteiger partial charge < -0.3 is 5.32 Å². The highest BCUT2D eigenvalue weighted by atomic mass is 14.9. The number of pyridine rings is 1. The Hall–Kier alpha value is -0.890. The monoisotopic (exact) mass is 206 g/mol. The van der Waals surface area contributed by atoms with Crippen molar-refractivity contribution in [1.29, 1.82) is 0 Å². The van der Waals surface area contributed by atoms with Gasteiger partial charge in [-0.15, -0.1) is 0 Å². The summed E-state index contributed by atoms with van der Waals surface area (Å²) >= 11 is 0. The second-order valence-corrected chi connectivity index (χ2v) is 5.24. The molecule has 0 aromatic carbocycles. The van der Waals surface area contributed by atoms with Crippen LogP contribution in [0.15, 0.2) is 24.4 Å². The minimum Gasteiger partial charge on any atom is -0.309 e. The fraction of sp³-hybridized carbons (Fsp3) is 0.615. The van der Waals surface area contributed by atoms with E-state index in [2.05, 4.69) is 44.1 Å². The summed E-state index contributed by atoms with van der Waals surface area (Å²) in [6, 6.07) is 6.39. The third kappa shape index (κ3) is 4.93. The molecule has 1 atom stereocenters. The van der Waals surface area contributed by atoms with Crippen molar-refractivity contribution in [3.8, 4) is 0 Å². The van der Waals surface area contributed by atoms with Gasteiger partial charge in [-0.2, -0.15) is 0 Å². The molecule has 0 saturated heterocycles. The average Bonchev–Trinajstić information content (AvgIpc) is 2.17. The molecule has 1 rings (SSSR count). The molecule has 1 aromatic rings. The minimum atomic E-state index is 0.341. The summed E-state index contributed by atoms with van der Waals surface area (Å²) in [6.07, 6.45) is 3.03. The Morgan fingerprint density at radius 3 is 2.60 bits per heavy atom. The van der Waals surface area contributed by atoms with E-state index in [4.69, 9.17) is 0 Å². The van der Waals surface area contributed by atoms with E-state index < -0.39 is 0 Å². The molecule has 15 heavy (non-hydrogen) atoms. The van der Waals surface area contributed by atoms with E-state index >= 15 is 0 Å². The van der Waals surface area contributed by atoms with Crippen molar-refractivity contribution >= 4 is 0 Å². The third-order valence-electron chi connectivity index (χ3n) is 2.46. The molecular formula is C13H22N2. The molecule has 1 aromatic heterocycles. The zero-order valence-electron chi connectivity index (χ0n) is 10.2. The van der Waals surface area contributed by atoms with Crippen molar-refractivity contribution < 1.29 is 0 Å². The van der Waals surface area contributed by atoms with Gasteiger partial charge in [0.25, 0.3) is 0 Å². The lowest BCUT2D eigenvalue weighted by Crippen LogP contribution is -2.24. The van der Waals surface area contributed by atoms with Crippen LogP contribution in [0.4, 0.5) is 0 Å². The molecule has 84 valence electrons. The number of nitrogens with one attached hydrogen (secondary N) is 1. The second kappa shape index (κ2) is 5.26. The van der Waals surface area contributed by atoms with E-state index in [1.54, 1.807) is 0 Å². The summed E-state index contributed by atoms with van der Waals surface area (Å²) in [7, 11) is 0. The van der Waals surface area contributed by atoms with Crippen LogP contribution in [0.1, 0.15) is 45.9 Å². The van der Waals surface area contributed by atoms with Crippen LogP contribution >= 0.6 is 0 Å².